The average molecular weight is 393 g/mol. The maximum Gasteiger partial charge on any atom is 0.164 e. The van der Waals surface area contributed by atoms with Gasteiger partial charge in [0.2, 0.25) is 0 Å². The van der Waals surface area contributed by atoms with Gasteiger partial charge in [-0.15, -0.1) is 11.3 Å². The van der Waals surface area contributed by atoms with E-state index in [1.807, 2.05) is 36.5 Å². The zero-order valence-corrected chi connectivity index (χ0v) is 16.1. The molecule has 1 aliphatic carbocycles. The molecular weight excluding hydrogens is 376 g/mol. The van der Waals surface area contributed by atoms with Crippen LogP contribution < -0.4 is 5.32 Å². The van der Waals surface area contributed by atoms with Crippen molar-refractivity contribution in [3.05, 3.63) is 69.8 Å². The maximum atomic E-state index is 6.13. The molecule has 134 valence electrons. The monoisotopic (exact) mass is 392 g/mol. The van der Waals surface area contributed by atoms with E-state index in [2.05, 4.69) is 16.4 Å². The Hall–Kier alpha value is -2.50. The van der Waals surface area contributed by atoms with Gasteiger partial charge in [0.25, 0.3) is 0 Å². The Kier molecular flexibility index (Phi) is 4.26. The van der Waals surface area contributed by atoms with Gasteiger partial charge in [-0.25, -0.2) is 9.97 Å². The highest BCUT2D eigenvalue weighted by atomic mass is 35.5. The lowest BCUT2D eigenvalue weighted by Gasteiger charge is -2.10. The van der Waals surface area contributed by atoms with Crippen molar-refractivity contribution < 1.29 is 0 Å². The van der Waals surface area contributed by atoms with Crippen LogP contribution in [0.1, 0.15) is 22.4 Å². The number of nitrogens with zero attached hydrogens (tertiary/aromatic N) is 3. The summed E-state index contributed by atoms with van der Waals surface area (Å²) in [5.74, 6) is 1.61. The van der Waals surface area contributed by atoms with Crippen molar-refractivity contribution in [2.75, 3.05) is 5.32 Å². The molecule has 5 rings (SSSR count). The second-order valence-corrected chi connectivity index (χ2v) is 8.18. The third-order valence-electron chi connectivity index (χ3n) is 4.83. The quantitative estimate of drug-likeness (QED) is 0.497. The number of benzene rings is 1. The van der Waals surface area contributed by atoms with Crippen LogP contribution in [0.5, 0.6) is 0 Å². The molecule has 4 aromatic rings. The van der Waals surface area contributed by atoms with E-state index in [0.717, 1.165) is 39.6 Å². The van der Waals surface area contributed by atoms with Crippen molar-refractivity contribution in [3.8, 4) is 11.4 Å². The fourth-order valence-corrected chi connectivity index (χ4v) is 5.05. The minimum Gasteiger partial charge on any atom is -0.365 e. The van der Waals surface area contributed by atoms with Crippen LogP contribution in [0, 0.1) is 0 Å². The number of pyridine rings is 1. The van der Waals surface area contributed by atoms with Crippen molar-refractivity contribution in [2.45, 2.75) is 25.8 Å². The first-order valence-corrected chi connectivity index (χ1v) is 10.2. The smallest absolute Gasteiger partial charge is 0.164 e. The summed E-state index contributed by atoms with van der Waals surface area (Å²) in [6, 6.07) is 11.8. The molecule has 0 unspecified atom stereocenters. The first-order chi connectivity index (χ1) is 13.3. The zero-order valence-electron chi connectivity index (χ0n) is 14.6. The molecule has 0 atom stereocenters. The summed E-state index contributed by atoms with van der Waals surface area (Å²) in [5, 5.41) is 5.46. The molecule has 0 aliphatic heterocycles. The largest absolute Gasteiger partial charge is 0.365 e. The van der Waals surface area contributed by atoms with E-state index in [4.69, 9.17) is 21.6 Å². The van der Waals surface area contributed by atoms with Crippen LogP contribution in [0.15, 0.2) is 48.8 Å². The molecule has 3 aromatic heterocycles. The van der Waals surface area contributed by atoms with Crippen LogP contribution in [0.4, 0.5) is 5.82 Å². The van der Waals surface area contributed by atoms with Gasteiger partial charge in [-0.1, -0.05) is 23.7 Å². The molecule has 3 heterocycles. The zero-order chi connectivity index (χ0) is 18.2. The van der Waals surface area contributed by atoms with E-state index >= 15 is 0 Å². The molecule has 6 heteroatoms. The Labute approximate surface area is 166 Å². The van der Waals surface area contributed by atoms with E-state index in [9.17, 15) is 0 Å². The van der Waals surface area contributed by atoms with E-state index < -0.39 is 0 Å². The molecule has 0 saturated carbocycles. The lowest BCUT2D eigenvalue weighted by atomic mass is 10.1. The minimum absolute atomic E-state index is 0.670. The summed E-state index contributed by atoms with van der Waals surface area (Å²) < 4.78 is 0. The first-order valence-electron chi connectivity index (χ1n) is 8.99. The number of hydrogen-bond acceptors (Lipinski definition) is 5. The van der Waals surface area contributed by atoms with Crippen LogP contribution in [-0.4, -0.2) is 15.0 Å². The van der Waals surface area contributed by atoms with E-state index in [-0.39, 0.29) is 0 Å². The van der Waals surface area contributed by atoms with Crippen molar-refractivity contribution in [1.82, 2.24) is 15.0 Å². The van der Waals surface area contributed by atoms with Gasteiger partial charge < -0.3 is 5.32 Å². The molecule has 0 saturated heterocycles. The second kappa shape index (κ2) is 6.91. The van der Waals surface area contributed by atoms with Crippen molar-refractivity contribution in [1.29, 1.82) is 0 Å². The summed E-state index contributed by atoms with van der Waals surface area (Å²) in [6.07, 6.45) is 7.04. The first kappa shape index (κ1) is 16.7. The molecule has 0 radical (unpaired) electrons. The predicted octanol–water partition coefficient (Wildman–Crippen LogP) is 5.51. The number of thiophene rings is 1. The molecule has 1 N–H and O–H groups in total. The summed E-state index contributed by atoms with van der Waals surface area (Å²) >= 11 is 7.93. The van der Waals surface area contributed by atoms with Crippen LogP contribution in [0.2, 0.25) is 5.02 Å². The molecule has 0 fully saturated rings. The predicted molar refractivity (Wildman–Crippen MR) is 111 cm³/mol. The Balaban J connectivity index is 1.59. The van der Waals surface area contributed by atoms with Gasteiger partial charge in [-0.3, -0.25) is 4.98 Å². The topological polar surface area (TPSA) is 50.7 Å². The molecule has 4 nitrogen and oxygen atoms in total. The van der Waals surface area contributed by atoms with E-state index in [1.54, 1.807) is 17.5 Å². The summed E-state index contributed by atoms with van der Waals surface area (Å²) in [4.78, 5) is 16.4. The van der Waals surface area contributed by atoms with Crippen LogP contribution in [0.25, 0.3) is 21.6 Å². The molecule has 1 aliphatic rings. The van der Waals surface area contributed by atoms with Crippen LogP contribution in [-0.2, 0) is 19.4 Å². The molecule has 0 spiro atoms. The third-order valence-corrected chi connectivity index (χ3v) is 6.25. The highest BCUT2D eigenvalue weighted by molar-refractivity contribution is 7.19. The summed E-state index contributed by atoms with van der Waals surface area (Å²) in [7, 11) is 0. The van der Waals surface area contributed by atoms with Crippen molar-refractivity contribution in [2.24, 2.45) is 0 Å². The standard InChI is InChI=1S/C21H17ClN4S/c22-15-6-1-4-13(10-15)11-24-20-18-16-7-2-8-17(16)27-21(18)26-19(25-20)14-5-3-9-23-12-14/h1,3-6,9-10,12H,2,7-8,11H2,(H,24,25,26). The molecule has 0 bridgehead atoms. The second-order valence-electron chi connectivity index (χ2n) is 6.66. The van der Waals surface area contributed by atoms with Gasteiger partial charge in [0.15, 0.2) is 5.82 Å². The Morgan fingerprint density at radius 1 is 1.11 bits per heavy atom. The Bertz CT molecular complexity index is 1120. The number of aryl methyl sites for hydroxylation is 2. The summed E-state index contributed by atoms with van der Waals surface area (Å²) in [5.41, 5.74) is 3.48. The highest BCUT2D eigenvalue weighted by Gasteiger charge is 2.22. The van der Waals surface area contributed by atoms with Gasteiger partial charge in [0, 0.05) is 34.4 Å². The van der Waals surface area contributed by atoms with Crippen molar-refractivity contribution >= 4 is 39.0 Å². The normalized spacial score (nSPS) is 13.1. The SMILES string of the molecule is Clc1cccc(CNc2nc(-c3cccnc3)nc3sc4c(c23)CCC4)c1. The van der Waals surface area contributed by atoms with Gasteiger partial charge in [-0.05, 0) is 54.7 Å². The molecule has 1 aromatic carbocycles. The van der Waals surface area contributed by atoms with Gasteiger partial charge in [-0.2, -0.15) is 0 Å². The van der Waals surface area contributed by atoms with E-state index in [0.29, 0.717) is 12.4 Å². The van der Waals surface area contributed by atoms with Crippen molar-refractivity contribution in [3.63, 3.8) is 0 Å². The number of anilines is 1. The average Bonchev–Trinajstić information content (AvgIpc) is 3.27. The fourth-order valence-electron chi connectivity index (χ4n) is 3.58. The number of aromatic nitrogens is 3. The van der Waals surface area contributed by atoms with Crippen LogP contribution >= 0.6 is 22.9 Å². The fraction of sp³-hybridized carbons (Fsp3) is 0.190. The lowest BCUT2D eigenvalue weighted by molar-refractivity contribution is 0.917. The van der Waals surface area contributed by atoms with Gasteiger partial charge in [0.1, 0.15) is 10.6 Å². The number of nitrogens with one attached hydrogen (secondary N) is 1. The number of fused-ring (bicyclic) bond motifs is 3. The minimum atomic E-state index is 0.670. The van der Waals surface area contributed by atoms with E-state index in [1.165, 1.54) is 22.2 Å². The highest BCUT2D eigenvalue weighted by Crippen LogP contribution is 2.40. The maximum absolute atomic E-state index is 6.13. The Morgan fingerprint density at radius 2 is 2.07 bits per heavy atom. The lowest BCUT2D eigenvalue weighted by Crippen LogP contribution is -2.04. The van der Waals surface area contributed by atoms with Gasteiger partial charge in [0.05, 0.1) is 5.39 Å². The molecular formula is C21H17ClN4S. The third kappa shape index (κ3) is 3.17. The molecule has 27 heavy (non-hydrogen) atoms. The number of halogens is 1. The van der Waals surface area contributed by atoms with Crippen LogP contribution in [0.3, 0.4) is 0 Å². The van der Waals surface area contributed by atoms with Gasteiger partial charge >= 0.3 is 0 Å². The number of rotatable bonds is 4. The number of hydrogen-bond donors (Lipinski definition) is 1. The molecule has 0 amide bonds. The Morgan fingerprint density at radius 3 is 2.93 bits per heavy atom. The summed E-state index contributed by atoms with van der Waals surface area (Å²) in [6.45, 7) is 0.670.